The molecule has 92 valence electrons. The molecule has 2 nitrogen and oxygen atoms in total. The summed E-state index contributed by atoms with van der Waals surface area (Å²) in [6.07, 6.45) is 5.35. The number of benzene rings is 1. The number of hydrogen-bond donors (Lipinski definition) is 0. The van der Waals surface area contributed by atoms with Crippen molar-refractivity contribution in [1.29, 1.82) is 0 Å². The average Bonchev–Trinajstić information content (AvgIpc) is 2.85. The third-order valence-corrected chi connectivity index (χ3v) is 3.89. The average molecular weight is 296 g/mol. The van der Waals surface area contributed by atoms with Gasteiger partial charge in [0.2, 0.25) is 5.91 Å². The van der Waals surface area contributed by atoms with E-state index in [9.17, 15) is 4.79 Å². The van der Waals surface area contributed by atoms with Gasteiger partial charge < -0.3 is 4.90 Å². The lowest BCUT2D eigenvalue weighted by Crippen LogP contribution is -2.38. The van der Waals surface area contributed by atoms with E-state index in [2.05, 4.69) is 15.9 Å². The molecule has 3 heteroatoms. The van der Waals surface area contributed by atoms with Crippen LogP contribution in [-0.2, 0) is 4.79 Å². The summed E-state index contributed by atoms with van der Waals surface area (Å²) in [6, 6.07) is 8.45. The van der Waals surface area contributed by atoms with Gasteiger partial charge in [-0.1, -0.05) is 35.7 Å². The van der Waals surface area contributed by atoms with Crippen LogP contribution in [0.25, 0.3) is 0 Å². The lowest BCUT2D eigenvalue weighted by Gasteiger charge is -2.29. The molecular weight excluding hydrogens is 278 g/mol. The summed E-state index contributed by atoms with van der Waals surface area (Å²) in [4.78, 5) is 14.1. The van der Waals surface area contributed by atoms with Crippen LogP contribution in [-0.4, -0.2) is 11.9 Å². The van der Waals surface area contributed by atoms with E-state index in [1.165, 1.54) is 12.8 Å². The fourth-order valence-corrected chi connectivity index (χ4v) is 2.76. The van der Waals surface area contributed by atoms with Gasteiger partial charge in [-0.15, -0.1) is 0 Å². The predicted octanol–water partition coefficient (Wildman–Crippen LogP) is 4.13. The van der Waals surface area contributed by atoms with Crippen LogP contribution in [0.2, 0.25) is 0 Å². The molecule has 0 atom stereocenters. The Kier molecular flexibility index (Phi) is 4.21. The number of hydrogen-bond acceptors (Lipinski definition) is 1. The van der Waals surface area contributed by atoms with E-state index in [-0.39, 0.29) is 5.91 Å². The van der Waals surface area contributed by atoms with Crippen LogP contribution in [0.3, 0.4) is 0 Å². The molecule has 0 saturated heterocycles. The van der Waals surface area contributed by atoms with Crippen LogP contribution in [0, 0.1) is 0 Å². The van der Waals surface area contributed by atoms with Gasteiger partial charge in [0.1, 0.15) is 0 Å². The fraction of sp³-hybridized carbons (Fsp3) is 0.500. The predicted molar refractivity (Wildman–Crippen MR) is 74.2 cm³/mol. The molecule has 0 bridgehead atoms. The number of rotatable bonds is 3. The van der Waals surface area contributed by atoms with Crippen molar-refractivity contribution in [3.05, 3.63) is 28.7 Å². The third kappa shape index (κ3) is 2.89. The smallest absolute Gasteiger partial charge is 0.226 e. The topological polar surface area (TPSA) is 20.3 Å². The number of halogens is 1. The lowest BCUT2D eigenvalue weighted by molar-refractivity contribution is -0.118. The highest BCUT2D eigenvalue weighted by atomic mass is 79.9. The Labute approximate surface area is 111 Å². The highest BCUT2D eigenvalue weighted by molar-refractivity contribution is 9.10. The van der Waals surface area contributed by atoms with Gasteiger partial charge in [0.05, 0.1) is 0 Å². The molecule has 2 rings (SSSR count). The van der Waals surface area contributed by atoms with Gasteiger partial charge in [0.15, 0.2) is 0 Å². The van der Waals surface area contributed by atoms with Crippen molar-refractivity contribution in [2.24, 2.45) is 0 Å². The third-order valence-electron chi connectivity index (χ3n) is 3.37. The molecule has 0 N–H and O–H groups in total. The van der Waals surface area contributed by atoms with Crippen molar-refractivity contribution in [2.75, 3.05) is 4.90 Å². The van der Waals surface area contributed by atoms with Gasteiger partial charge in [-0.25, -0.2) is 0 Å². The highest BCUT2D eigenvalue weighted by Crippen LogP contribution is 2.29. The van der Waals surface area contributed by atoms with E-state index in [1.54, 1.807) is 0 Å². The number of amides is 1. The van der Waals surface area contributed by atoms with E-state index in [4.69, 9.17) is 0 Å². The Morgan fingerprint density at radius 2 is 1.88 bits per heavy atom. The Balaban J connectivity index is 2.25. The Morgan fingerprint density at radius 1 is 1.29 bits per heavy atom. The molecule has 1 fully saturated rings. The summed E-state index contributed by atoms with van der Waals surface area (Å²) in [7, 11) is 0. The van der Waals surface area contributed by atoms with E-state index >= 15 is 0 Å². The largest absolute Gasteiger partial charge is 0.309 e. The van der Waals surface area contributed by atoms with E-state index in [0.29, 0.717) is 12.5 Å². The van der Waals surface area contributed by atoms with Crippen molar-refractivity contribution < 1.29 is 4.79 Å². The molecule has 0 aromatic heterocycles. The molecule has 1 aliphatic carbocycles. The van der Waals surface area contributed by atoms with E-state index in [0.717, 1.165) is 23.0 Å². The maximum Gasteiger partial charge on any atom is 0.226 e. The second-order valence-electron chi connectivity index (χ2n) is 4.53. The SMILES string of the molecule is CCC(=O)N(c1ccc(Br)cc1)C1CCCC1. The lowest BCUT2D eigenvalue weighted by atomic mass is 10.1. The van der Waals surface area contributed by atoms with Gasteiger partial charge in [-0.2, -0.15) is 0 Å². The maximum absolute atomic E-state index is 12.1. The molecule has 1 aliphatic rings. The number of nitrogens with zero attached hydrogens (tertiary/aromatic N) is 1. The molecule has 0 unspecified atom stereocenters. The number of anilines is 1. The minimum absolute atomic E-state index is 0.235. The van der Waals surface area contributed by atoms with Crippen molar-refractivity contribution in [1.82, 2.24) is 0 Å². The molecule has 1 aromatic carbocycles. The van der Waals surface area contributed by atoms with Crippen molar-refractivity contribution in [2.45, 2.75) is 45.1 Å². The van der Waals surface area contributed by atoms with Crippen molar-refractivity contribution in [3.63, 3.8) is 0 Å². The van der Waals surface area contributed by atoms with Crippen LogP contribution >= 0.6 is 15.9 Å². The molecule has 1 aromatic rings. The van der Waals surface area contributed by atoms with Gasteiger partial charge in [0.25, 0.3) is 0 Å². The highest BCUT2D eigenvalue weighted by Gasteiger charge is 2.26. The van der Waals surface area contributed by atoms with Crippen LogP contribution in [0.1, 0.15) is 39.0 Å². The number of carbonyl (C=O) groups excluding carboxylic acids is 1. The first-order valence-electron chi connectivity index (χ1n) is 6.30. The quantitative estimate of drug-likeness (QED) is 0.821. The molecule has 0 aliphatic heterocycles. The van der Waals surface area contributed by atoms with Crippen molar-refractivity contribution in [3.8, 4) is 0 Å². The van der Waals surface area contributed by atoms with Gasteiger partial charge in [-0.3, -0.25) is 4.79 Å². The molecule has 0 heterocycles. The minimum Gasteiger partial charge on any atom is -0.309 e. The van der Waals surface area contributed by atoms with Crippen LogP contribution < -0.4 is 4.90 Å². The fourth-order valence-electron chi connectivity index (χ4n) is 2.49. The van der Waals surface area contributed by atoms with Crippen LogP contribution in [0.5, 0.6) is 0 Å². The van der Waals surface area contributed by atoms with Crippen molar-refractivity contribution >= 4 is 27.5 Å². The van der Waals surface area contributed by atoms with Crippen LogP contribution in [0.15, 0.2) is 28.7 Å². The summed E-state index contributed by atoms with van der Waals surface area (Å²) in [5.74, 6) is 0.235. The Bertz CT molecular complexity index is 382. The van der Waals surface area contributed by atoms with Gasteiger partial charge in [-0.05, 0) is 37.1 Å². The number of carbonyl (C=O) groups is 1. The molecule has 17 heavy (non-hydrogen) atoms. The Morgan fingerprint density at radius 3 is 2.41 bits per heavy atom. The standard InChI is InChI=1S/C14H18BrNO/c1-2-14(17)16(12-5-3-4-6-12)13-9-7-11(15)8-10-13/h7-10,12H,2-6H2,1H3. The molecular formula is C14H18BrNO. The first-order valence-corrected chi connectivity index (χ1v) is 7.09. The second kappa shape index (κ2) is 5.67. The second-order valence-corrected chi connectivity index (χ2v) is 5.45. The Hall–Kier alpha value is -0.830. The molecule has 0 radical (unpaired) electrons. The summed E-state index contributed by atoms with van der Waals surface area (Å²) in [5.41, 5.74) is 1.03. The van der Waals surface area contributed by atoms with E-state index < -0.39 is 0 Å². The monoisotopic (exact) mass is 295 g/mol. The summed E-state index contributed by atoms with van der Waals surface area (Å²) in [6.45, 7) is 1.93. The molecule has 1 saturated carbocycles. The summed E-state index contributed by atoms with van der Waals surface area (Å²) < 4.78 is 1.05. The van der Waals surface area contributed by atoms with Gasteiger partial charge in [0, 0.05) is 22.6 Å². The first kappa shape index (κ1) is 12.6. The zero-order chi connectivity index (χ0) is 12.3. The van der Waals surface area contributed by atoms with Gasteiger partial charge >= 0.3 is 0 Å². The normalized spacial score (nSPS) is 16.1. The zero-order valence-electron chi connectivity index (χ0n) is 10.2. The summed E-state index contributed by atoms with van der Waals surface area (Å²) in [5, 5.41) is 0. The molecule has 0 spiro atoms. The van der Waals surface area contributed by atoms with Crippen LogP contribution in [0.4, 0.5) is 5.69 Å². The molecule has 1 amide bonds. The minimum atomic E-state index is 0.235. The first-order chi connectivity index (χ1) is 8.22. The van der Waals surface area contributed by atoms with E-state index in [1.807, 2.05) is 36.1 Å². The summed E-state index contributed by atoms with van der Waals surface area (Å²) >= 11 is 3.43. The maximum atomic E-state index is 12.1. The zero-order valence-corrected chi connectivity index (χ0v) is 11.7.